The number of nitro benzene ring substituents is 1. The summed E-state index contributed by atoms with van der Waals surface area (Å²) in [6.45, 7) is 1.03. The standard InChI is InChI=1S/C22H19Cl2N3O3/c23-20-6-2-1-4-15(20)13-25-11-3-5-18(25)14-26(16-7-8-16)22(28)19-10-9-17(27(29)30)12-21(19)24/h1-6,9-12,16H,7-8,13-14H2. The number of halogens is 2. The van der Waals surface area contributed by atoms with Crippen molar-refractivity contribution in [3.05, 3.63) is 97.8 Å². The lowest BCUT2D eigenvalue weighted by Crippen LogP contribution is -2.33. The second-order valence-electron chi connectivity index (χ2n) is 7.30. The zero-order valence-electron chi connectivity index (χ0n) is 16.0. The smallest absolute Gasteiger partial charge is 0.270 e. The van der Waals surface area contributed by atoms with Crippen LogP contribution in [0.15, 0.2) is 60.8 Å². The van der Waals surface area contributed by atoms with Crippen LogP contribution in [0.5, 0.6) is 0 Å². The Balaban J connectivity index is 1.57. The zero-order chi connectivity index (χ0) is 21.3. The minimum atomic E-state index is -0.527. The van der Waals surface area contributed by atoms with Crippen LogP contribution in [0.3, 0.4) is 0 Å². The van der Waals surface area contributed by atoms with Gasteiger partial charge in [0.05, 0.1) is 22.1 Å². The average Bonchev–Trinajstić information content (AvgIpc) is 3.47. The molecule has 3 aromatic rings. The lowest BCUT2D eigenvalue weighted by Gasteiger charge is -2.24. The van der Waals surface area contributed by atoms with E-state index in [-0.39, 0.29) is 28.2 Å². The van der Waals surface area contributed by atoms with Crippen LogP contribution in [0, 0.1) is 10.1 Å². The molecule has 2 aromatic carbocycles. The Labute approximate surface area is 183 Å². The molecule has 1 fully saturated rings. The molecule has 4 rings (SSSR count). The van der Waals surface area contributed by atoms with Gasteiger partial charge < -0.3 is 9.47 Å². The first-order valence-electron chi connectivity index (χ1n) is 9.56. The summed E-state index contributed by atoms with van der Waals surface area (Å²) in [4.78, 5) is 25.4. The molecule has 0 spiro atoms. The van der Waals surface area contributed by atoms with Gasteiger partial charge in [-0.05, 0) is 42.7 Å². The van der Waals surface area contributed by atoms with Crippen LogP contribution < -0.4 is 0 Å². The van der Waals surface area contributed by atoms with Crippen molar-refractivity contribution in [2.24, 2.45) is 0 Å². The molecular formula is C22H19Cl2N3O3. The molecule has 1 saturated carbocycles. The number of nitrogens with zero attached hydrogens (tertiary/aromatic N) is 3. The van der Waals surface area contributed by atoms with Gasteiger partial charge in [0.2, 0.25) is 0 Å². The number of hydrogen-bond donors (Lipinski definition) is 0. The van der Waals surface area contributed by atoms with Crippen LogP contribution in [0.4, 0.5) is 5.69 Å². The summed E-state index contributed by atoms with van der Waals surface area (Å²) in [5.41, 5.74) is 2.12. The maximum Gasteiger partial charge on any atom is 0.270 e. The highest BCUT2D eigenvalue weighted by Gasteiger charge is 2.34. The number of carbonyl (C=O) groups excluding carboxylic acids is 1. The third-order valence-corrected chi connectivity index (χ3v) is 5.88. The van der Waals surface area contributed by atoms with Crippen molar-refractivity contribution in [3.8, 4) is 0 Å². The Hall–Kier alpha value is -2.83. The number of nitro groups is 1. The normalized spacial score (nSPS) is 13.3. The van der Waals surface area contributed by atoms with Gasteiger partial charge in [-0.2, -0.15) is 0 Å². The molecule has 1 heterocycles. The quantitative estimate of drug-likeness (QED) is 0.354. The predicted molar refractivity (Wildman–Crippen MR) is 116 cm³/mol. The first-order valence-corrected chi connectivity index (χ1v) is 10.3. The first kappa shape index (κ1) is 20.4. The van der Waals surface area contributed by atoms with E-state index in [4.69, 9.17) is 23.2 Å². The van der Waals surface area contributed by atoms with E-state index in [1.165, 1.54) is 18.2 Å². The lowest BCUT2D eigenvalue weighted by atomic mass is 10.1. The molecule has 0 aliphatic heterocycles. The number of rotatable bonds is 7. The average molecular weight is 444 g/mol. The highest BCUT2D eigenvalue weighted by molar-refractivity contribution is 6.34. The number of aromatic nitrogens is 1. The van der Waals surface area contributed by atoms with E-state index >= 15 is 0 Å². The van der Waals surface area contributed by atoms with Crippen molar-refractivity contribution in [2.45, 2.75) is 32.0 Å². The first-order chi connectivity index (χ1) is 14.4. The minimum Gasteiger partial charge on any atom is -0.345 e. The number of hydrogen-bond acceptors (Lipinski definition) is 3. The lowest BCUT2D eigenvalue weighted by molar-refractivity contribution is -0.384. The van der Waals surface area contributed by atoms with Crippen LogP contribution in [0.2, 0.25) is 10.0 Å². The maximum absolute atomic E-state index is 13.2. The third-order valence-electron chi connectivity index (χ3n) is 5.20. The van der Waals surface area contributed by atoms with Crippen molar-refractivity contribution in [1.29, 1.82) is 0 Å². The molecule has 0 bridgehead atoms. The zero-order valence-corrected chi connectivity index (χ0v) is 17.5. The topological polar surface area (TPSA) is 68.4 Å². The summed E-state index contributed by atoms with van der Waals surface area (Å²) in [7, 11) is 0. The SMILES string of the molecule is O=C(c1ccc([N+](=O)[O-])cc1Cl)N(Cc1cccn1Cc1ccccc1Cl)C1CC1. The Bertz CT molecular complexity index is 1110. The number of carbonyl (C=O) groups is 1. The minimum absolute atomic E-state index is 0.0892. The second kappa shape index (κ2) is 8.50. The van der Waals surface area contributed by atoms with Crippen LogP contribution >= 0.6 is 23.2 Å². The molecule has 0 saturated heterocycles. The largest absolute Gasteiger partial charge is 0.345 e. The Kier molecular flexibility index (Phi) is 5.79. The van der Waals surface area contributed by atoms with Crippen LogP contribution in [0.25, 0.3) is 0 Å². The van der Waals surface area contributed by atoms with E-state index in [1.807, 2.05) is 42.6 Å². The van der Waals surface area contributed by atoms with Gasteiger partial charge in [-0.15, -0.1) is 0 Å². The molecule has 154 valence electrons. The van der Waals surface area contributed by atoms with Crippen molar-refractivity contribution >= 4 is 34.8 Å². The Morgan fingerprint density at radius 3 is 2.53 bits per heavy atom. The van der Waals surface area contributed by atoms with E-state index in [0.717, 1.165) is 24.1 Å². The molecule has 0 atom stereocenters. The van der Waals surface area contributed by atoms with E-state index in [1.54, 1.807) is 4.90 Å². The molecule has 1 aromatic heterocycles. The molecule has 0 radical (unpaired) electrons. The summed E-state index contributed by atoms with van der Waals surface area (Å²) >= 11 is 12.5. The Morgan fingerprint density at radius 2 is 1.87 bits per heavy atom. The van der Waals surface area contributed by atoms with E-state index in [0.29, 0.717) is 18.1 Å². The van der Waals surface area contributed by atoms with E-state index < -0.39 is 4.92 Å². The van der Waals surface area contributed by atoms with Crippen molar-refractivity contribution in [1.82, 2.24) is 9.47 Å². The summed E-state index contributed by atoms with van der Waals surface area (Å²) in [5, 5.41) is 11.7. The summed E-state index contributed by atoms with van der Waals surface area (Å²) < 4.78 is 2.07. The molecule has 0 unspecified atom stereocenters. The van der Waals surface area contributed by atoms with Gasteiger partial charge in [0.1, 0.15) is 0 Å². The van der Waals surface area contributed by atoms with E-state index in [2.05, 4.69) is 4.57 Å². The highest BCUT2D eigenvalue weighted by atomic mass is 35.5. The van der Waals surface area contributed by atoms with Crippen molar-refractivity contribution in [2.75, 3.05) is 0 Å². The number of non-ortho nitro benzene ring substituents is 1. The monoisotopic (exact) mass is 443 g/mol. The molecule has 1 aliphatic carbocycles. The molecular weight excluding hydrogens is 425 g/mol. The van der Waals surface area contributed by atoms with Gasteiger partial charge >= 0.3 is 0 Å². The highest BCUT2D eigenvalue weighted by Crippen LogP contribution is 2.32. The van der Waals surface area contributed by atoms with E-state index in [9.17, 15) is 14.9 Å². The molecule has 1 amide bonds. The maximum atomic E-state index is 13.2. The third kappa shape index (κ3) is 4.35. The fraction of sp³-hybridized carbons (Fsp3) is 0.227. The number of amides is 1. The Morgan fingerprint density at radius 1 is 1.10 bits per heavy atom. The van der Waals surface area contributed by atoms with Crippen LogP contribution in [0.1, 0.15) is 34.5 Å². The molecule has 8 heteroatoms. The van der Waals surface area contributed by atoms with Crippen LogP contribution in [-0.2, 0) is 13.1 Å². The molecule has 0 N–H and O–H groups in total. The predicted octanol–water partition coefficient (Wildman–Crippen LogP) is 5.56. The van der Waals surface area contributed by atoms with Gasteiger partial charge in [0.15, 0.2) is 0 Å². The van der Waals surface area contributed by atoms with Gasteiger partial charge in [0, 0.05) is 41.6 Å². The van der Waals surface area contributed by atoms with Gasteiger partial charge in [-0.25, -0.2) is 0 Å². The van der Waals surface area contributed by atoms with Crippen molar-refractivity contribution in [3.63, 3.8) is 0 Å². The molecule has 30 heavy (non-hydrogen) atoms. The van der Waals surface area contributed by atoms with Gasteiger partial charge in [0.25, 0.3) is 11.6 Å². The molecule has 1 aliphatic rings. The van der Waals surface area contributed by atoms with Crippen LogP contribution in [-0.4, -0.2) is 26.3 Å². The fourth-order valence-electron chi connectivity index (χ4n) is 3.43. The van der Waals surface area contributed by atoms with Gasteiger partial charge in [-0.1, -0.05) is 41.4 Å². The second-order valence-corrected chi connectivity index (χ2v) is 8.12. The fourth-order valence-corrected chi connectivity index (χ4v) is 3.88. The molecule has 6 nitrogen and oxygen atoms in total. The van der Waals surface area contributed by atoms with Gasteiger partial charge in [-0.3, -0.25) is 14.9 Å². The summed E-state index contributed by atoms with van der Waals surface area (Å²) in [6.07, 6.45) is 3.83. The van der Waals surface area contributed by atoms with Crippen molar-refractivity contribution < 1.29 is 9.72 Å². The summed E-state index contributed by atoms with van der Waals surface area (Å²) in [6, 6.07) is 15.7. The summed E-state index contributed by atoms with van der Waals surface area (Å²) in [5.74, 6) is -0.220. The number of benzene rings is 2.